The van der Waals surface area contributed by atoms with Gasteiger partial charge in [0.2, 0.25) is 0 Å². The van der Waals surface area contributed by atoms with Crippen LogP contribution in [-0.2, 0) is 4.74 Å². The van der Waals surface area contributed by atoms with Crippen molar-refractivity contribution in [1.82, 2.24) is 9.88 Å². The second-order valence-corrected chi connectivity index (χ2v) is 3.62. The Kier molecular flexibility index (Phi) is 2.97. The first-order valence-corrected chi connectivity index (χ1v) is 5.07. The van der Waals surface area contributed by atoms with E-state index in [0.717, 1.165) is 5.56 Å². The summed E-state index contributed by atoms with van der Waals surface area (Å²) in [4.78, 5) is 17.8. The first-order chi connectivity index (χ1) is 7.27. The van der Waals surface area contributed by atoms with Gasteiger partial charge in [-0.05, 0) is 24.6 Å². The lowest BCUT2D eigenvalue weighted by atomic mass is 10.2. The van der Waals surface area contributed by atoms with Crippen molar-refractivity contribution < 1.29 is 9.53 Å². The number of hydrogen-bond donors (Lipinski definition) is 0. The zero-order valence-corrected chi connectivity index (χ0v) is 8.77. The number of morpholine rings is 1. The van der Waals surface area contributed by atoms with Crippen molar-refractivity contribution in [3.63, 3.8) is 0 Å². The van der Waals surface area contributed by atoms with E-state index in [4.69, 9.17) is 4.74 Å². The highest BCUT2D eigenvalue weighted by Gasteiger charge is 2.19. The van der Waals surface area contributed by atoms with Crippen LogP contribution in [0, 0.1) is 6.92 Å². The standard InChI is InChI=1S/C11H14N2O2/c1-9-2-3-12-10(8-9)11(14)13-4-6-15-7-5-13/h2-3,8H,4-7H2,1H3. The molecule has 1 fully saturated rings. The maximum absolute atomic E-state index is 12.0. The molecule has 1 amide bonds. The predicted octanol–water partition coefficient (Wildman–Crippen LogP) is 0.862. The van der Waals surface area contributed by atoms with E-state index in [0.29, 0.717) is 32.0 Å². The summed E-state index contributed by atoms with van der Waals surface area (Å²) in [6.07, 6.45) is 1.67. The van der Waals surface area contributed by atoms with E-state index in [1.54, 1.807) is 11.1 Å². The molecule has 0 unspecified atom stereocenters. The van der Waals surface area contributed by atoms with E-state index in [9.17, 15) is 4.79 Å². The van der Waals surface area contributed by atoms with E-state index in [1.807, 2.05) is 19.1 Å². The monoisotopic (exact) mass is 206 g/mol. The summed E-state index contributed by atoms with van der Waals surface area (Å²) in [7, 11) is 0. The lowest BCUT2D eigenvalue weighted by Gasteiger charge is -2.26. The van der Waals surface area contributed by atoms with Gasteiger partial charge in [-0.25, -0.2) is 0 Å². The van der Waals surface area contributed by atoms with Crippen molar-refractivity contribution in [1.29, 1.82) is 0 Å². The zero-order chi connectivity index (χ0) is 10.7. The molecule has 0 radical (unpaired) electrons. The molecule has 1 aromatic rings. The zero-order valence-electron chi connectivity index (χ0n) is 8.77. The molecule has 0 atom stereocenters. The molecule has 1 aliphatic heterocycles. The Hall–Kier alpha value is -1.42. The van der Waals surface area contributed by atoms with Gasteiger partial charge in [-0.2, -0.15) is 0 Å². The van der Waals surface area contributed by atoms with Crippen molar-refractivity contribution in [2.24, 2.45) is 0 Å². The van der Waals surface area contributed by atoms with E-state index in [2.05, 4.69) is 4.98 Å². The lowest BCUT2D eigenvalue weighted by Crippen LogP contribution is -2.41. The van der Waals surface area contributed by atoms with Crippen LogP contribution in [0.25, 0.3) is 0 Å². The molecule has 2 rings (SSSR count). The van der Waals surface area contributed by atoms with Crippen LogP contribution in [0.4, 0.5) is 0 Å². The average Bonchev–Trinajstić information content (AvgIpc) is 2.29. The Labute approximate surface area is 88.9 Å². The third kappa shape index (κ3) is 2.33. The number of ether oxygens (including phenoxy) is 1. The normalized spacial score (nSPS) is 16.5. The summed E-state index contributed by atoms with van der Waals surface area (Å²) in [6.45, 7) is 4.52. The fraction of sp³-hybridized carbons (Fsp3) is 0.455. The van der Waals surface area contributed by atoms with E-state index < -0.39 is 0 Å². The van der Waals surface area contributed by atoms with Crippen molar-refractivity contribution in [2.45, 2.75) is 6.92 Å². The summed E-state index contributed by atoms with van der Waals surface area (Å²) >= 11 is 0. The molecule has 0 bridgehead atoms. The molecule has 4 heteroatoms. The summed E-state index contributed by atoms with van der Waals surface area (Å²) in [5, 5.41) is 0. The number of rotatable bonds is 1. The molecule has 15 heavy (non-hydrogen) atoms. The third-order valence-electron chi connectivity index (χ3n) is 2.43. The minimum absolute atomic E-state index is 0.00185. The Balaban J connectivity index is 2.12. The number of hydrogen-bond acceptors (Lipinski definition) is 3. The number of amides is 1. The smallest absolute Gasteiger partial charge is 0.272 e. The van der Waals surface area contributed by atoms with Crippen LogP contribution in [-0.4, -0.2) is 42.1 Å². The minimum Gasteiger partial charge on any atom is -0.378 e. The minimum atomic E-state index is 0.00185. The molecular formula is C11H14N2O2. The van der Waals surface area contributed by atoms with E-state index in [-0.39, 0.29) is 5.91 Å². The van der Waals surface area contributed by atoms with E-state index >= 15 is 0 Å². The molecule has 80 valence electrons. The molecule has 1 saturated heterocycles. The Morgan fingerprint density at radius 2 is 2.20 bits per heavy atom. The van der Waals surface area contributed by atoms with Gasteiger partial charge in [0.15, 0.2) is 0 Å². The molecule has 0 spiro atoms. The number of carbonyl (C=O) groups is 1. The number of aromatic nitrogens is 1. The maximum atomic E-state index is 12.0. The van der Waals surface area contributed by atoms with Crippen molar-refractivity contribution >= 4 is 5.91 Å². The molecule has 1 aromatic heterocycles. The summed E-state index contributed by atoms with van der Waals surface area (Å²) in [6, 6.07) is 3.70. The van der Waals surface area contributed by atoms with Crippen LogP contribution in [0.2, 0.25) is 0 Å². The van der Waals surface area contributed by atoms with Crippen molar-refractivity contribution in [2.75, 3.05) is 26.3 Å². The Morgan fingerprint density at radius 1 is 1.47 bits per heavy atom. The summed E-state index contributed by atoms with van der Waals surface area (Å²) in [5.41, 5.74) is 1.58. The predicted molar refractivity (Wildman–Crippen MR) is 55.7 cm³/mol. The number of nitrogens with zero attached hydrogens (tertiary/aromatic N) is 2. The molecule has 0 saturated carbocycles. The molecule has 4 nitrogen and oxygen atoms in total. The summed E-state index contributed by atoms with van der Waals surface area (Å²) < 4.78 is 5.20. The maximum Gasteiger partial charge on any atom is 0.272 e. The molecular weight excluding hydrogens is 192 g/mol. The van der Waals surface area contributed by atoms with Crippen LogP contribution in [0.3, 0.4) is 0 Å². The first-order valence-electron chi connectivity index (χ1n) is 5.07. The molecule has 0 aromatic carbocycles. The van der Waals surface area contributed by atoms with Gasteiger partial charge in [-0.1, -0.05) is 0 Å². The lowest BCUT2D eigenvalue weighted by molar-refractivity contribution is 0.0299. The Morgan fingerprint density at radius 3 is 2.87 bits per heavy atom. The summed E-state index contributed by atoms with van der Waals surface area (Å²) in [5.74, 6) is 0.00185. The average molecular weight is 206 g/mol. The number of aryl methyl sites for hydroxylation is 1. The first kappa shape index (κ1) is 10.1. The number of carbonyl (C=O) groups excluding carboxylic acids is 1. The van der Waals surface area contributed by atoms with Gasteiger partial charge in [-0.3, -0.25) is 9.78 Å². The quantitative estimate of drug-likeness (QED) is 0.684. The van der Waals surface area contributed by atoms with Gasteiger partial charge in [0.1, 0.15) is 5.69 Å². The van der Waals surface area contributed by atoms with Gasteiger partial charge in [-0.15, -0.1) is 0 Å². The fourth-order valence-corrected chi connectivity index (χ4v) is 1.58. The van der Waals surface area contributed by atoms with Crippen LogP contribution in [0.5, 0.6) is 0 Å². The molecule has 1 aliphatic rings. The van der Waals surface area contributed by atoms with Crippen LogP contribution in [0.1, 0.15) is 16.1 Å². The van der Waals surface area contributed by atoms with Gasteiger partial charge >= 0.3 is 0 Å². The van der Waals surface area contributed by atoms with Crippen molar-refractivity contribution in [3.8, 4) is 0 Å². The van der Waals surface area contributed by atoms with Crippen LogP contribution < -0.4 is 0 Å². The SMILES string of the molecule is Cc1ccnc(C(=O)N2CCOCC2)c1. The second-order valence-electron chi connectivity index (χ2n) is 3.62. The van der Waals surface area contributed by atoms with Crippen LogP contribution >= 0.6 is 0 Å². The largest absolute Gasteiger partial charge is 0.378 e. The number of pyridine rings is 1. The fourth-order valence-electron chi connectivity index (χ4n) is 1.58. The highest BCUT2D eigenvalue weighted by molar-refractivity contribution is 5.92. The van der Waals surface area contributed by atoms with Gasteiger partial charge < -0.3 is 9.64 Å². The molecule has 2 heterocycles. The van der Waals surface area contributed by atoms with Gasteiger partial charge in [0, 0.05) is 19.3 Å². The topological polar surface area (TPSA) is 42.4 Å². The van der Waals surface area contributed by atoms with Crippen molar-refractivity contribution in [3.05, 3.63) is 29.6 Å². The molecule has 0 aliphatic carbocycles. The Bertz CT molecular complexity index is 359. The highest BCUT2D eigenvalue weighted by Crippen LogP contribution is 2.06. The second kappa shape index (κ2) is 4.40. The van der Waals surface area contributed by atoms with E-state index in [1.165, 1.54) is 0 Å². The molecule has 0 N–H and O–H groups in total. The van der Waals surface area contributed by atoms with Crippen LogP contribution in [0.15, 0.2) is 18.3 Å². The third-order valence-corrected chi connectivity index (χ3v) is 2.43. The van der Waals surface area contributed by atoms with Gasteiger partial charge in [0.05, 0.1) is 13.2 Å². The highest BCUT2D eigenvalue weighted by atomic mass is 16.5. The van der Waals surface area contributed by atoms with Gasteiger partial charge in [0.25, 0.3) is 5.91 Å².